The van der Waals surface area contributed by atoms with Crippen LogP contribution in [-0.2, 0) is 9.47 Å². The van der Waals surface area contributed by atoms with Gasteiger partial charge in [-0.2, -0.15) is 0 Å². The summed E-state index contributed by atoms with van der Waals surface area (Å²) >= 11 is 0. The third-order valence-corrected chi connectivity index (χ3v) is 3.62. The summed E-state index contributed by atoms with van der Waals surface area (Å²) in [5.41, 5.74) is 2.18. The predicted octanol–water partition coefficient (Wildman–Crippen LogP) is 3.44. The van der Waals surface area contributed by atoms with Crippen LogP contribution in [0.1, 0.15) is 30.7 Å². The molecule has 0 aliphatic heterocycles. The maximum atomic E-state index is 5.96. The maximum absolute atomic E-state index is 5.96. The number of aryl methyl sites for hydroxylation is 1. The summed E-state index contributed by atoms with van der Waals surface area (Å²) in [7, 11) is 1.68. The smallest absolute Gasteiger partial charge is 0.134 e. The van der Waals surface area contributed by atoms with Crippen molar-refractivity contribution in [2.45, 2.75) is 26.3 Å². The fourth-order valence-electron chi connectivity index (χ4n) is 2.44. The number of para-hydroxylation sites is 1. The highest BCUT2D eigenvalue weighted by Crippen LogP contribution is 2.28. The van der Waals surface area contributed by atoms with E-state index in [0.29, 0.717) is 13.2 Å². The van der Waals surface area contributed by atoms with E-state index in [2.05, 4.69) is 25.2 Å². The molecule has 1 N–H and O–H groups in total. The molecule has 1 atom stereocenters. The summed E-state index contributed by atoms with van der Waals surface area (Å²) in [6, 6.07) is 8.38. The van der Waals surface area contributed by atoms with Gasteiger partial charge in [-0.05, 0) is 38.4 Å². The van der Waals surface area contributed by atoms with E-state index < -0.39 is 0 Å². The molecule has 4 nitrogen and oxygen atoms in total. The number of ether oxygens (including phenoxy) is 2. The van der Waals surface area contributed by atoms with Crippen LogP contribution in [0.4, 0.5) is 0 Å². The minimum atomic E-state index is 0.205. The van der Waals surface area contributed by atoms with Crippen molar-refractivity contribution in [3.05, 3.63) is 35.6 Å². The molecule has 0 fully saturated rings. The first-order valence-corrected chi connectivity index (χ1v) is 7.52. The van der Waals surface area contributed by atoms with Crippen molar-refractivity contribution >= 4 is 11.0 Å². The highest BCUT2D eigenvalue weighted by atomic mass is 16.5. The highest BCUT2D eigenvalue weighted by molar-refractivity contribution is 5.82. The van der Waals surface area contributed by atoms with E-state index in [1.807, 2.05) is 18.2 Å². The van der Waals surface area contributed by atoms with Gasteiger partial charge < -0.3 is 19.2 Å². The first-order chi connectivity index (χ1) is 10.2. The molecular weight excluding hydrogens is 266 g/mol. The van der Waals surface area contributed by atoms with E-state index in [-0.39, 0.29) is 6.04 Å². The van der Waals surface area contributed by atoms with Crippen molar-refractivity contribution in [2.24, 2.45) is 0 Å². The van der Waals surface area contributed by atoms with Crippen molar-refractivity contribution in [3.63, 3.8) is 0 Å². The number of rotatable bonds is 9. The number of benzene rings is 1. The normalized spacial score (nSPS) is 12.9. The fourth-order valence-corrected chi connectivity index (χ4v) is 2.44. The second-order valence-electron chi connectivity index (χ2n) is 5.22. The molecule has 0 saturated carbocycles. The Kier molecular flexibility index (Phi) is 6.23. The third kappa shape index (κ3) is 4.30. The first kappa shape index (κ1) is 16.0. The van der Waals surface area contributed by atoms with Gasteiger partial charge >= 0.3 is 0 Å². The SMILES string of the molecule is COCCOCCCNC(C)c1oc2ccccc2c1C. The Bertz CT molecular complexity index is 550. The second-order valence-corrected chi connectivity index (χ2v) is 5.22. The summed E-state index contributed by atoms with van der Waals surface area (Å²) in [4.78, 5) is 0. The van der Waals surface area contributed by atoms with Crippen LogP contribution in [0, 0.1) is 6.92 Å². The Balaban J connectivity index is 1.79. The highest BCUT2D eigenvalue weighted by Gasteiger charge is 2.15. The molecule has 21 heavy (non-hydrogen) atoms. The Morgan fingerprint density at radius 1 is 1.19 bits per heavy atom. The summed E-state index contributed by atoms with van der Waals surface area (Å²) in [5.74, 6) is 1.02. The second kappa shape index (κ2) is 8.17. The Morgan fingerprint density at radius 3 is 2.76 bits per heavy atom. The number of fused-ring (bicyclic) bond motifs is 1. The molecule has 1 heterocycles. The van der Waals surface area contributed by atoms with Crippen LogP contribution >= 0.6 is 0 Å². The number of methoxy groups -OCH3 is 1. The van der Waals surface area contributed by atoms with E-state index in [1.165, 1.54) is 10.9 Å². The number of hydrogen-bond acceptors (Lipinski definition) is 4. The van der Waals surface area contributed by atoms with Crippen LogP contribution in [-0.4, -0.2) is 33.5 Å². The van der Waals surface area contributed by atoms with Gasteiger partial charge in [0.05, 0.1) is 19.3 Å². The van der Waals surface area contributed by atoms with Crippen LogP contribution in [0.2, 0.25) is 0 Å². The molecule has 0 amide bonds. The van der Waals surface area contributed by atoms with Gasteiger partial charge in [0.2, 0.25) is 0 Å². The third-order valence-electron chi connectivity index (χ3n) is 3.62. The number of furan rings is 1. The van der Waals surface area contributed by atoms with Crippen LogP contribution in [0.5, 0.6) is 0 Å². The number of nitrogens with one attached hydrogen (secondary N) is 1. The van der Waals surface area contributed by atoms with Gasteiger partial charge in [0, 0.05) is 19.1 Å². The van der Waals surface area contributed by atoms with E-state index in [1.54, 1.807) is 7.11 Å². The van der Waals surface area contributed by atoms with Crippen LogP contribution in [0.15, 0.2) is 28.7 Å². The van der Waals surface area contributed by atoms with Gasteiger partial charge in [0.25, 0.3) is 0 Å². The van der Waals surface area contributed by atoms with Crippen molar-refractivity contribution in [1.82, 2.24) is 5.32 Å². The lowest BCUT2D eigenvalue weighted by atomic mass is 10.1. The van der Waals surface area contributed by atoms with E-state index in [9.17, 15) is 0 Å². The molecular formula is C17H25NO3. The maximum Gasteiger partial charge on any atom is 0.134 e. The van der Waals surface area contributed by atoms with E-state index >= 15 is 0 Å². The summed E-state index contributed by atoms with van der Waals surface area (Å²) < 4.78 is 16.3. The van der Waals surface area contributed by atoms with Gasteiger partial charge in [-0.1, -0.05) is 18.2 Å². The van der Waals surface area contributed by atoms with Gasteiger partial charge in [-0.15, -0.1) is 0 Å². The molecule has 0 radical (unpaired) electrons. The Hall–Kier alpha value is -1.36. The zero-order valence-electron chi connectivity index (χ0n) is 13.1. The summed E-state index contributed by atoms with van der Waals surface area (Å²) in [6.45, 7) is 7.23. The molecule has 0 spiro atoms. The van der Waals surface area contributed by atoms with Gasteiger partial charge in [0.15, 0.2) is 0 Å². The molecule has 2 aromatic rings. The largest absolute Gasteiger partial charge is 0.459 e. The summed E-state index contributed by atoms with van der Waals surface area (Å²) in [6.07, 6.45) is 0.979. The molecule has 0 aliphatic carbocycles. The minimum absolute atomic E-state index is 0.205. The van der Waals surface area contributed by atoms with Crippen molar-refractivity contribution in [1.29, 1.82) is 0 Å². The lowest BCUT2D eigenvalue weighted by molar-refractivity contribution is 0.0692. The average Bonchev–Trinajstić information content (AvgIpc) is 2.84. The topological polar surface area (TPSA) is 43.6 Å². The number of hydrogen-bond donors (Lipinski definition) is 1. The molecule has 0 aliphatic rings. The standard InChI is InChI=1S/C17H25NO3/c1-13-15-7-4-5-8-16(15)21-17(13)14(2)18-9-6-10-20-12-11-19-3/h4-5,7-8,14,18H,6,9-12H2,1-3H3. The first-order valence-electron chi connectivity index (χ1n) is 7.52. The average molecular weight is 291 g/mol. The quantitative estimate of drug-likeness (QED) is 0.719. The molecule has 4 heteroatoms. The molecule has 1 aromatic carbocycles. The minimum Gasteiger partial charge on any atom is -0.459 e. The van der Waals surface area contributed by atoms with E-state index in [4.69, 9.17) is 13.9 Å². The van der Waals surface area contributed by atoms with Gasteiger partial charge in [0.1, 0.15) is 11.3 Å². The predicted molar refractivity (Wildman–Crippen MR) is 84.7 cm³/mol. The zero-order valence-corrected chi connectivity index (χ0v) is 13.1. The lowest BCUT2D eigenvalue weighted by Gasteiger charge is -2.12. The summed E-state index contributed by atoms with van der Waals surface area (Å²) in [5, 5.41) is 4.68. The van der Waals surface area contributed by atoms with Crippen molar-refractivity contribution in [2.75, 3.05) is 33.5 Å². The van der Waals surface area contributed by atoms with Gasteiger partial charge in [-0.25, -0.2) is 0 Å². The molecule has 1 unspecified atom stereocenters. The lowest BCUT2D eigenvalue weighted by Crippen LogP contribution is -2.21. The van der Waals surface area contributed by atoms with E-state index in [0.717, 1.165) is 30.9 Å². The zero-order chi connectivity index (χ0) is 15.1. The molecule has 0 bridgehead atoms. The van der Waals surface area contributed by atoms with Crippen LogP contribution in [0.3, 0.4) is 0 Å². The monoisotopic (exact) mass is 291 g/mol. The Labute approximate surface area is 126 Å². The van der Waals surface area contributed by atoms with Crippen molar-refractivity contribution in [3.8, 4) is 0 Å². The van der Waals surface area contributed by atoms with Crippen LogP contribution in [0.25, 0.3) is 11.0 Å². The molecule has 0 saturated heterocycles. The van der Waals surface area contributed by atoms with Crippen LogP contribution < -0.4 is 5.32 Å². The van der Waals surface area contributed by atoms with Crippen molar-refractivity contribution < 1.29 is 13.9 Å². The Morgan fingerprint density at radius 2 is 2.00 bits per heavy atom. The van der Waals surface area contributed by atoms with Gasteiger partial charge in [-0.3, -0.25) is 0 Å². The molecule has 2 rings (SSSR count). The molecule has 116 valence electrons. The molecule has 1 aromatic heterocycles. The fraction of sp³-hybridized carbons (Fsp3) is 0.529.